The van der Waals surface area contributed by atoms with Crippen molar-refractivity contribution in [2.75, 3.05) is 0 Å². The molecule has 0 heterocycles. The first-order valence-electron chi connectivity index (χ1n) is 4.48. The monoisotopic (exact) mass is 234 g/mol. The molecule has 0 aliphatic rings. The van der Waals surface area contributed by atoms with Crippen LogP contribution in [0.15, 0.2) is 29.2 Å². The van der Waals surface area contributed by atoms with Gasteiger partial charge in [-0.1, -0.05) is 5.92 Å². The molecule has 0 bridgehead atoms. The van der Waals surface area contributed by atoms with Crippen LogP contribution in [0.1, 0.15) is 12.5 Å². The summed E-state index contributed by atoms with van der Waals surface area (Å²) in [5.41, 5.74) is 0.406. The molecule has 1 rings (SSSR count). The number of hydrogen-bond acceptors (Lipinski definition) is 3. The summed E-state index contributed by atoms with van der Waals surface area (Å²) in [5.74, 6) is 2.27. The zero-order valence-electron chi connectivity index (χ0n) is 8.64. The zero-order chi connectivity index (χ0) is 12.2. The van der Waals surface area contributed by atoms with Crippen LogP contribution >= 0.6 is 0 Å². The highest BCUT2D eigenvalue weighted by Crippen LogP contribution is 2.10. The van der Waals surface area contributed by atoms with Gasteiger partial charge in [-0.15, -0.1) is 6.42 Å². The molecular weight excluding hydrogens is 224 g/mol. The van der Waals surface area contributed by atoms with E-state index in [9.17, 15) is 8.42 Å². The molecule has 1 N–H and O–H groups in total. The predicted molar refractivity (Wildman–Crippen MR) is 59.8 cm³/mol. The van der Waals surface area contributed by atoms with Crippen LogP contribution < -0.4 is 4.72 Å². The van der Waals surface area contributed by atoms with Gasteiger partial charge in [0.1, 0.15) is 0 Å². The van der Waals surface area contributed by atoms with Crippen LogP contribution in [0.2, 0.25) is 0 Å². The third-order valence-electron chi connectivity index (χ3n) is 1.88. The molecule has 5 heteroatoms. The maximum Gasteiger partial charge on any atom is 0.241 e. The fraction of sp³-hybridized carbons (Fsp3) is 0.182. The summed E-state index contributed by atoms with van der Waals surface area (Å²) in [4.78, 5) is 0.0913. The van der Waals surface area contributed by atoms with E-state index in [0.717, 1.165) is 0 Å². The zero-order valence-corrected chi connectivity index (χ0v) is 9.45. The van der Waals surface area contributed by atoms with Gasteiger partial charge in [0, 0.05) is 0 Å². The number of benzene rings is 1. The van der Waals surface area contributed by atoms with Gasteiger partial charge in [-0.05, 0) is 31.2 Å². The maximum atomic E-state index is 11.7. The standard InChI is InChI=1S/C11H10N2O2S/c1-3-9(2)13-16(14,15)11-6-4-10(8-12)5-7-11/h1,4-7,9,13H,2H3. The lowest BCUT2D eigenvalue weighted by Gasteiger charge is -2.08. The average Bonchev–Trinajstić information content (AvgIpc) is 2.28. The molecule has 82 valence electrons. The second-order valence-corrected chi connectivity index (χ2v) is 4.86. The minimum absolute atomic E-state index is 0.0913. The molecule has 0 fully saturated rings. The van der Waals surface area contributed by atoms with Crippen molar-refractivity contribution in [3.63, 3.8) is 0 Å². The summed E-state index contributed by atoms with van der Waals surface area (Å²) in [6, 6.07) is 6.95. The largest absolute Gasteiger partial charge is 0.241 e. The lowest BCUT2D eigenvalue weighted by atomic mass is 10.2. The number of nitriles is 1. The molecule has 0 amide bonds. The first kappa shape index (κ1) is 12.3. The van der Waals surface area contributed by atoms with Gasteiger partial charge in [0.25, 0.3) is 0 Å². The highest BCUT2D eigenvalue weighted by Gasteiger charge is 2.15. The minimum Gasteiger partial charge on any atom is -0.207 e. The molecule has 0 radical (unpaired) electrons. The van der Waals surface area contributed by atoms with Crippen molar-refractivity contribution >= 4 is 10.0 Å². The van der Waals surface area contributed by atoms with Gasteiger partial charge in [-0.2, -0.15) is 9.98 Å². The van der Waals surface area contributed by atoms with Crippen molar-refractivity contribution in [2.24, 2.45) is 0 Å². The number of sulfonamides is 1. The van der Waals surface area contributed by atoms with Gasteiger partial charge in [0.05, 0.1) is 22.6 Å². The average molecular weight is 234 g/mol. The first-order chi connectivity index (χ1) is 7.49. The molecule has 1 atom stereocenters. The van der Waals surface area contributed by atoms with E-state index in [0.29, 0.717) is 5.56 Å². The summed E-state index contributed by atoms with van der Waals surface area (Å²) in [6.07, 6.45) is 5.08. The molecule has 16 heavy (non-hydrogen) atoms. The smallest absolute Gasteiger partial charge is 0.207 e. The second kappa shape index (κ2) is 4.80. The number of nitrogens with one attached hydrogen (secondary N) is 1. The van der Waals surface area contributed by atoms with Crippen LogP contribution in [-0.2, 0) is 10.0 Å². The summed E-state index contributed by atoms with van der Waals surface area (Å²) in [7, 11) is -3.60. The molecule has 1 unspecified atom stereocenters. The van der Waals surface area contributed by atoms with Crippen molar-refractivity contribution in [3.05, 3.63) is 29.8 Å². The van der Waals surface area contributed by atoms with Gasteiger partial charge >= 0.3 is 0 Å². The SMILES string of the molecule is C#CC(C)NS(=O)(=O)c1ccc(C#N)cc1. The normalized spacial score (nSPS) is 12.4. The number of hydrogen-bond donors (Lipinski definition) is 1. The molecular formula is C11H10N2O2S. The minimum atomic E-state index is -3.60. The maximum absolute atomic E-state index is 11.7. The Morgan fingerprint density at radius 1 is 1.38 bits per heavy atom. The Bertz CT molecular complexity index is 547. The van der Waals surface area contributed by atoms with Crippen molar-refractivity contribution in [1.29, 1.82) is 5.26 Å². The number of nitrogens with zero attached hydrogens (tertiary/aromatic N) is 1. The fourth-order valence-electron chi connectivity index (χ4n) is 1.04. The molecule has 0 aliphatic heterocycles. The number of rotatable bonds is 3. The van der Waals surface area contributed by atoms with Crippen molar-refractivity contribution in [1.82, 2.24) is 4.72 Å². The van der Waals surface area contributed by atoms with Gasteiger partial charge in [-0.25, -0.2) is 8.42 Å². The quantitative estimate of drug-likeness (QED) is 0.788. The van der Waals surface area contributed by atoms with Crippen LogP contribution in [0.25, 0.3) is 0 Å². The third kappa shape index (κ3) is 2.83. The van der Waals surface area contributed by atoms with Gasteiger partial charge in [-0.3, -0.25) is 0 Å². The van der Waals surface area contributed by atoms with E-state index in [1.165, 1.54) is 24.3 Å². The van der Waals surface area contributed by atoms with E-state index in [-0.39, 0.29) is 4.90 Å². The van der Waals surface area contributed by atoms with Crippen molar-refractivity contribution in [3.8, 4) is 18.4 Å². The van der Waals surface area contributed by atoms with E-state index < -0.39 is 16.1 Å². The van der Waals surface area contributed by atoms with Crippen LogP contribution in [0.3, 0.4) is 0 Å². The first-order valence-corrected chi connectivity index (χ1v) is 5.96. The van der Waals surface area contributed by atoms with Crippen molar-refractivity contribution < 1.29 is 8.42 Å². The predicted octanol–water partition coefficient (Wildman–Crippen LogP) is 0.858. The molecule has 0 aliphatic carbocycles. The van der Waals surface area contributed by atoms with E-state index >= 15 is 0 Å². The molecule has 0 aromatic heterocycles. The summed E-state index contributed by atoms with van der Waals surface area (Å²) >= 11 is 0. The lowest BCUT2D eigenvalue weighted by molar-refractivity contribution is 0.577. The summed E-state index contributed by atoms with van der Waals surface area (Å²) in [6.45, 7) is 1.57. The Kier molecular flexibility index (Phi) is 3.68. The van der Waals surface area contributed by atoms with Crippen molar-refractivity contribution in [2.45, 2.75) is 17.9 Å². The highest BCUT2D eigenvalue weighted by molar-refractivity contribution is 7.89. The Balaban J connectivity index is 3.01. The molecule has 1 aromatic carbocycles. The summed E-state index contributed by atoms with van der Waals surface area (Å²) in [5, 5.41) is 8.57. The Labute approximate surface area is 95.0 Å². The molecule has 4 nitrogen and oxygen atoms in total. The molecule has 0 saturated carbocycles. The Hall–Kier alpha value is -1.82. The van der Waals surface area contributed by atoms with Gasteiger partial charge in [0.2, 0.25) is 10.0 Å². The Morgan fingerprint density at radius 3 is 2.38 bits per heavy atom. The molecule has 1 aromatic rings. The third-order valence-corrected chi connectivity index (χ3v) is 3.43. The summed E-state index contributed by atoms with van der Waals surface area (Å²) < 4.78 is 25.7. The van der Waals surface area contributed by atoms with Crippen LogP contribution in [0.5, 0.6) is 0 Å². The highest BCUT2D eigenvalue weighted by atomic mass is 32.2. The van der Waals surface area contributed by atoms with E-state index in [1.54, 1.807) is 6.92 Å². The van der Waals surface area contributed by atoms with E-state index in [2.05, 4.69) is 10.6 Å². The molecule has 0 saturated heterocycles. The van der Waals surface area contributed by atoms with Gasteiger partial charge < -0.3 is 0 Å². The van der Waals surface area contributed by atoms with Crippen LogP contribution in [0.4, 0.5) is 0 Å². The van der Waals surface area contributed by atoms with E-state index in [4.69, 9.17) is 11.7 Å². The van der Waals surface area contributed by atoms with Gasteiger partial charge in [0.15, 0.2) is 0 Å². The van der Waals surface area contributed by atoms with Crippen LogP contribution in [-0.4, -0.2) is 14.5 Å². The fourth-order valence-corrected chi connectivity index (χ4v) is 2.21. The Morgan fingerprint density at radius 2 is 1.94 bits per heavy atom. The lowest BCUT2D eigenvalue weighted by Crippen LogP contribution is -2.31. The second-order valence-electron chi connectivity index (χ2n) is 3.15. The topological polar surface area (TPSA) is 70.0 Å². The van der Waals surface area contributed by atoms with Crippen LogP contribution in [0, 0.1) is 23.7 Å². The van der Waals surface area contributed by atoms with E-state index in [1.807, 2.05) is 6.07 Å². The number of terminal acetylenes is 1. The molecule has 0 spiro atoms.